The second-order valence-corrected chi connectivity index (χ2v) is 9.40. The Bertz CT molecular complexity index is 713. The molecule has 1 aromatic rings. The zero-order chi connectivity index (χ0) is 22.2. The van der Waals surface area contributed by atoms with Crippen molar-refractivity contribution in [3.8, 4) is 11.5 Å². The molecule has 1 saturated heterocycles. The topological polar surface area (TPSA) is 37.0 Å². The van der Waals surface area contributed by atoms with E-state index in [0.29, 0.717) is 12.6 Å². The molecule has 0 saturated carbocycles. The highest BCUT2D eigenvalue weighted by Gasteiger charge is 2.26. The molecule has 3 atom stereocenters. The summed E-state index contributed by atoms with van der Waals surface area (Å²) in [5.41, 5.74) is 2.89. The molecule has 2 unspecified atom stereocenters. The van der Waals surface area contributed by atoms with E-state index in [0.717, 1.165) is 75.4 Å². The zero-order valence-electron chi connectivity index (χ0n) is 20.3. The number of ether oxygens (including phenoxy) is 2. The van der Waals surface area contributed by atoms with Crippen LogP contribution in [-0.4, -0.2) is 75.9 Å². The van der Waals surface area contributed by atoms with Gasteiger partial charge in [-0.2, -0.15) is 0 Å². The minimum absolute atomic E-state index is 0.499. The van der Waals surface area contributed by atoms with Crippen LogP contribution < -0.4 is 14.8 Å². The van der Waals surface area contributed by atoms with Gasteiger partial charge < -0.3 is 19.7 Å². The lowest BCUT2D eigenvalue weighted by atomic mass is 9.74. The van der Waals surface area contributed by atoms with Gasteiger partial charge in [-0.1, -0.05) is 31.6 Å². The van der Waals surface area contributed by atoms with Crippen LogP contribution in [-0.2, 0) is 6.42 Å². The summed E-state index contributed by atoms with van der Waals surface area (Å²) in [5, 5.41) is 3.70. The number of nitrogens with one attached hydrogen (secondary N) is 1. The molecule has 5 nitrogen and oxygen atoms in total. The molecule has 1 aromatic carbocycles. The molecule has 1 fully saturated rings. The van der Waals surface area contributed by atoms with Crippen molar-refractivity contribution in [2.75, 3.05) is 60.0 Å². The molecule has 174 valence electrons. The fourth-order valence-electron chi connectivity index (χ4n) is 4.54. The number of likely N-dealkylation sites (N-methyl/N-ethyl adjacent to an activating group) is 1. The number of hydrogen-bond acceptors (Lipinski definition) is 5. The Kier molecular flexibility index (Phi) is 9.24. The fourth-order valence-corrected chi connectivity index (χ4v) is 4.54. The third-order valence-electron chi connectivity index (χ3n) is 7.14. The van der Waals surface area contributed by atoms with E-state index in [1.165, 1.54) is 12.0 Å². The number of rotatable bonds is 12. The van der Waals surface area contributed by atoms with E-state index < -0.39 is 0 Å². The maximum atomic E-state index is 6.05. The predicted octanol–water partition coefficient (Wildman–Crippen LogP) is 3.83. The highest BCUT2D eigenvalue weighted by Crippen LogP contribution is 2.34. The average Bonchev–Trinajstić information content (AvgIpc) is 2.78. The van der Waals surface area contributed by atoms with E-state index in [4.69, 9.17) is 9.47 Å². The minimum Gasteiger partial charge on any atom is -0.493 e. The maximum absolute atomic E-state index is 6.05. The van der Waals surface area contributed by atoms with Gasteiger partial charge in [-0.25, -0.2) is 0 Å². The monoisotopic (exact) mass is 429 g/mol. The van der Waals surface area contributed by atoms with Crippen molar-refractivity contribution in [1.82, 2.24) is 15.1 Å². The Morgan fingerprint density at radius 1 is 1.16 bits per heavy atom. The van der Waals surface area contributed by atoms with Crippen LogP contribution in [0, 0.1) is 11.8 Å². The number of methoxy groups -OCH3 is 1. The molecule has 1 heterocycles. The van der Waals surface area contributed by atoms with Gasteiger partial charge in [-0.15, -0.1) is 0 Å². The Morgan fingerprint density at radius 2 is 1.94 bits per heavy atom. The highest BCUT2D eigenvalue weighted by molar-refractivity contribution is 5.43. The van der Waals surface area contributed by atoms with Crippen LogP contribution in [0.25, 0.3) is 0 Å². The van der Waals surface area contributed by atoms with Gasteiger partial charge in [0.15, 0.2) is 11.5 Å². The highest BCUT2D eigenvalue weighted by atomic mass is 16.5. The summed E-state index contributed by atoms with van der Waals surface area (Å²) >= 11 is 0. The summed E-state index contributed by atoms with van der Waals surface area (Å²) in [7, 11) is 3.92. The first-order valence-electron chi connectivity index (χ1n) is 12.1. The van der Waals surface area contributed by atoms with Crippen LogP contribution in [0.2, 0.25) is 0 Å². The van der Waals surface area contributed by atoms with Gasteiger partial charge in [0.05, 0.1) is 7.11 Å². The molecule has 0 radical (unpaired) electrons. The van der Waals surface area contributed by atoms with Gasteiger partial charge in [0, 0.05) is 45.3 Å². The molecular formula is C26H43N3O2. The largest absolute Gasteiger partial charge is 0.493 e. The van der Waals surface area contributed by atoms with Crippen LogP contribution >= 0.6 is 0 Å². The first-order valence-corrected chi connectivity index (χ1v) is 12.1. The summed E-state index contributed by atoms with van der Waals surface area (Å²) in [4.78, 5) is 4.85. The van der Waals surface area contributed by atoms with Crippen molar-refractivity contribution in [2.24, 2.45) is 11.8 Å². The second kappa shape index (κ2) is 11.9. The SMILES string of the molecule is CCC1C=C(CN[C@H](C)CCc2ccc(OCCN3CCN(C)CC3)c(OC)c2)C1C. The molecule has 0 spiro atoms. The first kappa shape index (κ1) is 24.1. The molecular weight excluding hydrogens is 386 g/mol. The first-order chi connectivity index (χ1) is 15.0. The third-order valence-corrected chi connectivity index (χ3v) is 7.14. The predicted molar refractivity (Wildman–Crippen MR) is 129 cm³/mol. The fraction of sp³-hybridized carbons (Fsp3) is 0.692. The Morgan fingerprint density at radius 3 is 2.61 bits per heavy atom. The second-order valence-electron chi connectivity index (χ2n) is 9.40. The molecule has 1 N–H and O–H groups in total. The Hall–Kier alpha value is -1.56. The summed E-state index contributed by atoms with van der Waals surface area (Å²) < 4.78 is 11.7. The number of benzene rings is 1. The quantitative estimate of drug-likeness (QED) is 0.511. The number of allylic oxidation sites excluding steroid dienone is 1. The van der Waals surface area contributed by atoms with Crippen molar-refractivity contribution in [2.45, 2.75) is 46.1 Å². The number of piperazine rings is 1. The summed E-state index contributed by atoms with van der Waals surface area (Å²) in [5.74, 6) is 3.23. The van der Waals surface area contributed by atoms with Crippen molar-refractivity contribution >= 4 is 0 Å². The van der Waals surface area contributed by atoms with Gasteiger partial charge in [0.1, 0.15) is 6.61 Å². The van der Waals surface area contributed by atoms with E-state index in [-0.39, 0.29) is 0 Å². The summed E-state index contributed by atoms with van der Waals surface area (Å²) in [6, 6.07) is 6.89. The van der Waals surface area contributed by atoms with Crippen LogP contribution in [0.4, 0.5) is 0 Å². The Labute approximate surface area is 189 Å². The van der Waals surface area contributed by atoms with Crippen LogP contribution in [0.5, 0.6) is 11.5 Å². The number of hydrogen-bond donors (Lipinski definition) is 1. The third kappa shape index (κ3) is 6.96. The van der Waals surface area contributed by atoms with E-state index in [1.807, 2.05) is 0 Å². The normalized spacial score (nSPS) is 23.2. The molecule has 1 aliphatic carbocycles. The van der Waals surface area contributed by atoms with Gasteiger partial charge in [-0.05, 0) is 62.8 Å². The molecule has 3 rings (SSSR count). The van der Waals surface area contributed by atoms with E-state index in [1.54, 1.807) is 12.7 Å². The van der Waals surface area contributed by atoms with Gasteiger partial charge >= 0.3 is 0 Å². The Balaban J connectivity index is 1.39. The molecule has 0 amide bonds. The van der Waals surface area contributed by atoms with E-state index in [9.17, 15) is 0 Å². The summed E-state index contributed by atoms with van der Waals surface area (Å²) in [6.07, 6.45) is 5.87. The number of aryl methyl sites for hydroxylation is 1. The molecule has 0 bridgehead atoms. The van der Waals surface area contributed by atoms with Gasteiger partial charge in [0.25, 0.3) is 0 Å². The van der Waals surface area contributed by atoms with Crippen LogP contribution in [0.3, 0.4) is 0 Å². The standard InChI is InChI=1S/C26H43N3O2/c1-6-23-18-24(21(23)3)19-27-20(2)7-8-22-9-10-25(26(17-22)30-5)31-16-15-29-13-11-28(4)12-14-29/h9-10,17-18,20-21,23,27H,6-8,11-16,19H2,1-5H3/t20-,21?,23?/m1/s1. The molecule has 0 aromatic heterocycles. The molecule has 1 aliphatic heterocycles. The summed E-state index contributed by atoms with van der Waals surface area (Å²) in [6.45, 7) is 14.1. The lowest BCUT2D eigenvalue weighted by molar-refractivity contribution is 0.133. The lowest BCUT2D eigenvalue weighted by Gasteiger charge is -2.34. The number of nitrogens with zero attached hydrogens (tertiary/aromatic N) is 2. The molecule has 31 heavy (non-hydrogen) atoms. The van der Waals surface area contributed by atoms with Crippen LogP contribution in [0.1, 0.15) is 39.2 Å². The van der Waals surface area contributed by atoms with Gasteiger partial charge in [0.2, 0.25) is 0 Å². The van der Waals surface area contributed by atoms with Crippen LogP contribution in [0.15, 0.2) is 29.8 Å². The maximum Gasteiger partial charge on any atom is 0.161 e. The van der Waals surface area contributed by atoms with E-state index >= 15 is 0 Å². The molecule has 2 aliphatic rings. The van der Waals surface area contributed by atoms with E-state index in [2.05, 4.69) is 67.2 Å². The van der Waals surface area contributed by atoms with Crippen molar-refractivity contribution < 1.29 is 9.47 Å². The zero-order valence-corrected chi connectivity index (χ0v) is 20.3. The minimum atomic E-state index is 0.499. The smallest absolute Gasteiger partial charge is 0.161 e. The van der Waals surface area contributed by atoms with Crippen molar-refractivity contribution in [3.63, 3.8) is 0 Å². The van der Waals surface area contributed by atoms with Crippen molar-refractivity contribution in [1.29, 1.82) is 0 Å². The molecule has 5 heteroatoms. The van der Waals surface area contributed by atoms with Crippen molar-refractivity contribution in [3.05, 3.63) is 35.4 Å². The van der Waals surface area contributed by atoms with Gasteiger partial charge in [-0.3, -0.25) is 4.90 Å². The average molecular weight is 430 g/mol. The lowest BCUT2D eigenvalue weighted by Crippen LogP contribution is -2.45.